The van der Waals surface area contributed by atoms with Crippen molar-refractivity contribution in [3.63, 3.8) is 0 Å². The first-order chi connectivity index (χ1) is 12.4. The molecule has 2 atom stereocenters. The lowest BCUT2D eigenvalue weighted by Gasteiger charge is -2.24. The molecule has 1 aromatic carbocycles. The van der Waals surface area contributed by atoms with Gasteiger partial charge in [0.25, 0.3) is 11.6 Å². The number of amides is 1. The van der Waals surface area contributed by atoms with Gasteiger partial charge >= 0.3 is 5.97 Å². The van der Waals surface area contributed by atoms with Crippen LogP contribution >= 0.6 is 11.8 Å². The number of nitrogens with one attached hydrogen (secondary N) is 1. The van der Waals surface area contributed by atoms with Crippen LogP contribution in [-0.2, 0) is 14.3 Å². The molecule has 2 rings (SSSR count). The Morgan fingerprint density at radius 3 is 2.38 bits per heavy atom. The number of hydrogen-bond acceptors (Lipinski definition) is 6. The molecule has 1 saturated carbocycles. The van der Waals surface area contributed by atoms with Crippen molar-refractivity contribution >= 4 is 29.3 Å². The van der Waals surface area contributed by atoms with Gasteiger partial charge in [0.1, 0.15) is 5.25 Å². The van der Waals surface area contributed by atoms with Crippen LogP contribution in [0.1, 0.15) is 46.0 Å². The van der Waals surface area contributed by atoms with Gasteiger partial charge in [-0.25, -0.2) is 0 Å². The third kappa shape index (κ3) is 6.01. The van der Waals surface area contributed by atoms with E-state index >= 15 is 0 Å². The summed E-state index contributed by atoms with van der Waals surface area (Å²) in [6, 6.07) is 6.13. The second-order valence-corrected chi connectivity index (χ2v) is 7.85. The van der Waals surface area contributed by atoms with E-state index in [9.17, 15) is 19.7 Å². The molecule has 1 aromatic rings. The molecule has 0 heterocycles. The van der Waals surface area contributed by atoms with E-state index in [0.29, 0.717) is 0 Å². The van der Waals surface area contributed by atoms with Crippen molar-refractivity contribution in [3.8, 4) is 0 Å². The van der Waals surface area contributed by atoms with Gasteiger partial charge in [-0.15, -0.1) is 11.8 Å². The number of thioether (sulfide) groups is 1. The largest absolute Gasteiger partial charge is 0.452 e. The molecule has 2 unspecified atom stereocenters. The van der Waals surface area contributed by atoms with E-state index in [1.54, 1.807) is 26.0 Å². The Bertz CT molecular complexity index is 643. The van der Waals surface area contributed by atoms with Crippen molar-refractivity contribution in [2.24, 2.45) is 0 Å². The highest BCUT2D eigenvalue weighted by atomic mass is 32.2. The fraction of sp³-hybridized carbons (Fsp3) is 0.556. The summed E-state index contributed by atoms with van der Waals surface area (Å²) in [5.74, 6) is -0.752. The fourth-order valence-electron chi connectivity index (χ4n) is 2.79. The Morgan fingerprint density at radius 2 is 1.81 bits per heavy atom. The first kappa shape index (κ1) is 20.2. The van der Waals surface area contributed by atoms with Gasteiger partial charge in [0, 0.05) is 23.1 Å². The summed E-state index contributed by atoms with van der Waals surface area (Å²) < 4.78 is 5.27. The van der Waals surface area contributed by atoms with Crippen molar-refractivity contribution < 1.29 is 19.2 Å². The number of carbonyl (C=O) groups excluding carboxylic acids is 2. The molecular weight excluding hydrogens is 356 g/mol. The molecule has 8 heteroatoms. The maximum atomic E-state index is 12.2. The number of carbonyl (C=O) groups is 2. The molecule has 1 aliphatic carbocycles. The molecule has 142 valence electrons. The van der Waals surface area contributed by atoms with Crippen molar-refractivity contribution in [2.45, 2.75) is 68.2 Å². The van der Waals surface area contributed by atoms with E-state index in [4.69, 9.17) is 4.74 Å². The number of nitro benzene ring substituents is 1. The smallest absolute Gasteiger partial charge is 0.319 e. The molecule has 0 aliphatic heterocycles. The fourth-order valence-corrected chi connectivity index (χ4v) is 3.64. The quantitative estimate of drug-likeness (QED) is 0.337. The summed E-state index contributed by atoms with van der Waals surface area (Å²) in [5.41, 5.74) is -0.00224. The predicted molar refractivity (Wildman–Crippen MR) is 99.0 cm³/mol. The van der Waals surface area contributed by atoms with Gasteiger partial charge in [-0.1, -0.05) is 19.3 Å². The number of benzene rings is 1. The molecule has 0 radical (unpaired) electrons. The topological polar surface area (TPSA) is 98.5 Å². The molecule has 0 saturated heterocycles. The van der Waals surface area contributed by atoms with E-state index in [0.717, 1.165) is 30.6 Å². The van der Waals surface area contributed by atoms with Gasteiger partial charge in [0.05, 0.1) is 4.92 Å². The van der Waals surface area contributed by atoms with E-state index in [-0.39, 0.29) is 17.6 Å². The van der Waals surface area contributed by atoms with Crippen LogP contribution in [0.15, 0.2) is 29.2 Å². The van der Waals surface area contributed by atoms with Crippen LogP contribution in [0.5, 0.6) is 0 Å². The first-order valence-corrected chi connectivity index (χ1v) is 9.66. The highest BCUT2D eigenvalue weighted by Gasteiger charge is 2.25. The number of nitrogens with zero attached hydrogens (tertiary/aromatic N) is 1. The van der Waals surface area contributed by atoms with E-state index in [2.05, 4.69) is 5.32 Å². The molecule has 1 amide bonds. The number of hydrogen-bond donors (Lipinski definition) is 1. The second-order valence-electron chi connectivity index (χ2n) is 6.43. The molecule has 1 aliphatic rings. The van der Waals surface area contributed by atoms with Crippen LogP contribution < -0.4 is 5.32 Å². The molecule has 7 nitrogen and oxygen atoms in total. The Kier molecular flexibility index (Phi) is 7.44. The number of esters is 1. The maximum Gasteiger partial charge on any atom is 0.319 e. The normalized spacial score (nSPS) is 17.2. The predicted octanol–water partition coefficient (Wildman–Crippen LogP) is 3.46. The lowest BCUT2D eigenvalue weighted by atomic mass is 9.95. The van der Waals surface area contributed by atoms with Crippen LogP contribution in [-0.4, -0.2) is 34.2 Å². The summed E-state index contributed by atoms with van der Waals surface area (Å²) in [6.45, 7) is 3.25. The monoisotopic (exact) mass is 380 g/mol. The van der Waals surface area contributed by atoms with Crippen LogP contribution in [0.3, 0.4) is 0 Å². The minimum absolute atomic E-state index is 0.00224. The van der Waals surface area contributed by atoms with E-state index < -0.39 is 22.2 Å². The minimum Gasteiger partial charge on any atom is -0.452 e. The van der Waals surface area contributed by atoms with Crippen LogP contribution in [0, 0.1) is 10.1 Å². The summed E-state index contributed by atoms with van der Waals surface area (Å²) in [5, 5.41) is 13.1. The van der Waals surface area contributed by atoms with E-state index in [1.807, 2.05) is 0 Å². The van der Waals surface area contributed by atoms with Gasteiger partial charge < -0.3 is 10.1 Å². The minimum atomic E-state index is -0.843. The van der Waals surface area contributed by atoms with Crippen molar-refractivity contribution in [1.82, 2.24) is 5.32 Å². The Hall–Kier alpha value is -2.09. The summed E-state index contributed by atoms with van der Waals surface area (Å²) in [6.07, 6.45) is 4.53. The Balaban J connectivity index is 1.81. The van der Waals surface area contributed by atoms with Crippen molar-refractivity contribution in [1.29, 1.82) is 0 Å². The van der Waals surface area contributed by atoms with Gasteiger partial charge in [-0.05, 0) is 38.8 Å². The highest BCUT2D eigenvalue weighted by Crippen LogP contribution is 2.26. The zero-order valence-corrected chi connectivity index (χ0v) is 15.8. The van der Waals surface area contributed by atoms with Crippen molar-refractivity contribution in [2.75, 3.05) is 0 Å². The Labute approximate surface area is 157 Å². The third-order valence-electron chi connectivity index (χ3n) is 4.31. The van der Waals surface area contributed by atoms with Gasteiger partial charge in [0.2, 0.25) is 0 Å². The Morgan fingerprint density at radius 1 is 1.19 bits per heavy atom. The molecule has 0 spiro atoms. The first-order valence-electron chi connectivity index (χ1n) is 8.79. The zero-order valence-electron chi connectivity index (χ0n) is 15.0. The van der Waals surface area contributed by atoms with Crippen LogP contribution in [0.25, 0.3) is 0 Å². The second kappa shape index (κ2) is 9.56. The van der Waals surface area contributed by atoms with Crippen molar-refractivity contribution in [3.05, 3.63) is 34.4 Å². The average molecular weight is 380 g/mol. The molecule has 1 N–H and O–H groups in total. The lowest BCUT2D eigenvalue weighted by Crippen LogP contribution is -2.43. The molecular formula is C18H24N2O5S. The van der Waals surface area contributed by atoms with Crippen LogP contribution in [0.2, 0.25) is 0 Å². The summed E-state index contributed by atoms with van der Waals surface area (Å²) in [7, 11) is 0. The van der Waals surface area contributed by atoms with Gasteiger partial charge in [-0.2, -0.15) is 0 Å². The molecule has 26 heavy (non-hydrogen) atoms. The SMILES string of the molecule is CC(OC(=O)C(C)Sc1ccc([N+](=O)[O-])cc1)C(=O)NC1CCCCC1. The average Bonchev–Trinajstić information content (AvgIpc) is 2.62. The maximum absolute atomic E-state index is 12.2. The number of rotatable bonds is 7. The van der Waals surface area contributed by atoms with E-state index in [1.165, 1.54) is 30.3 Å². The molecule has 1 fully saturated rings. The number of nitro groups is 1. The number of ether oxygens (including phenoxy) is 1. The number of non-ortho nitro benzene ring substituents is 1. The standard InChI is InChI=1S/C18H24N2O5S/c1-12(17(21)19-14-6-4-3-5-7-14)25-18(22)13(2)26-16-10-8-15(9-11-16)20(23)24/h8-14H,3-7H2,1-2H3,(H,19,21). The molecule has 0 bridgehead atoms. The van der Waals surface area contributed by atoms with Crippen LogP contribution in [0.4, 0.5) is 5.69 Å². The highest BCUT2D eigenvalue weighted by molar-refractivity contribution is 8.00. The van der Waals surface area contributed by atoms with Gasteiger partial charge in [0.15, 0.2) is 6.10 Å². The van der Waals surface area contributed by atoms with Gasteiger partial charge in [-0.3, -0.25) is 19.7 Å². The zero-order chi connectivity index (χ0) is 19.1. The summed E-state index contributed by atoms with van der Waals surface area (Å²) in [4.78, 5) is 35.3. The molecule has 0 aromatic heterocycles. The summed E-state index contributed by atoms with van der Waals surface area (Å²) >= 11 is 1.23. The lowest BCUT2D eigenvalue weighted by molar-refractivity contribution is -0.384. The third-order valence-corrected chi connectivity index (χ3v) is 5.40.